The zero-order chi connectivity index (χ0) is 19.3. The average Bonchev–Trinajstić information content (AvgIpc) is 3.17. The van der Waals surface area contributed by atoms with E-state index < -0.39 is 0 Å². The Morgan fingerprint density at radius 2 is 2.11 bits per heavy atom. The van der Waals surface area contributed by atoms with Gasteiger partial charge in [-0.2, -0.15) is 0 Å². The number of methoxy groups -OCH3 is 1. The summed E-state index contributed by atoms with van der Waals surface area (Å²) in [6.45, 7) is 9.41. The Balaban J connectivity index is 1.67. The Hall–Kier alpha value is -1.79. The number of nitrogens with one attached hydrogen (secondary N) is 1. The normalized spacial score (nSPS) is 17.4. The molecule has 0 amide bonds. The summed E-state index contributed by atoms with van der Waals surface area (Å²) in [5, 5.41) is 3.53. The van der Waals surface area contributed by atoms with E-state index in [1.165, 1.54) is 5.69 Å². The van der Waals surface area contributed by atoms with Gasteiger partial charge < -0.3 is 24.6 Å². The number of nitrogens with zero attached hydrogens (tertiary/aromatic N) is 3. The molecule has 0 aliphatic carbocycles. The average molecular weight is 377 g/mol. The van der Waals surface area contributed by atoms with Crippen LogP contribution in [0.3, 0.4) is 0 Å². The number of hydrogen-bond donors (Lipinski definition) is 1. The molecule has 6 nitrogen and oxygen atoms in total. The monoisotopic (exact) mass is 376 g/mol. The Bertz CT molecular complexity index is 538. The number of anilines is 1. The summed E-state index contributed by atoms with van der Waals surface area (Å²) in [6, 6.07) is 10.6. The lowest BCUT2D eigenvalue weighted by Gasteiger charge is -2.25. The van der Waals surface area contributed by atoms with Gasteiger partial charge in [0, 0.05) is 58.5 Å². The molecule has 1 saturated heterocycles. The van der Waals surface area contributed by atoms with Crippen LogP contribution in [0.1, 0.15) is 19.8 Å². The van der Waals surface area contributed by atoms with Crippen LogP contribution >= 0.6 is 0 Å². The molecule has 0 aromatic heterocycles. The second-order valence-electron chi connectivity index (χ2n) is 6.91. The predicted molar refractivity (Wildman–Crippen MR) is 113 cm³/mol. The molecule has 152 valence electrons. The van der Waals surface area contributed by atoms with Gasteiger partial charge >= 0.3 is 0 Å². The van der Waals surface area contributed by atoms with E-state index >= 15 is 0 Å². The minimum atomic E-state index is 0.578. The van der Waals surface area contributed by atoms with Gasteiger partial charge in [-0.05, 0) is 31.9 Å². The summed E-state index contributed by atoms with van der Waals surface area (Å²) >= 11 is 0. The van der Waals surface area contributed by atoms with Crippen LogP contribution in [0.15, 0.2) is 35.3 Å². The number of ether oxygens (including phenoxy) is 2. The number of para-hydroxylation sites is 1. The molecule has 1 aromatic rings. The predicted octanol–water partition coefficient (Wildman–Crippen LogP) is 2.46. The molecule has 0 bridgehead atoms. The molecule has 1 heterocycles. The van der Waals surface area contributed by atoms with Crippen molar-refractivity contribution in [1.82, 2.24) is 10.2 Å². The largest absolute Gasteiger partial charge is 0.382 e. The van der Waals surface area contributed by atoms with E-state index in [-0.39, 0.29) is 0 Å². The van der Waals surface area contributed by atoms with Gasteiger partial charge in [0.15, 0.2) is 5.96 Å². The van der Waals surface area contributed by atoms with Crippen LogP contribution in [-0.4, -0.2) is 77.6 Å². The highest BCUT2D eigenvalue weighted by molar-refractivity contribution is 5.80. The Labute approximate surface area is 164 Å². The van der Waals surface area contributed by atoms with E-state index in [0.29, 0.717) is 19.1 Å². The molecule has 6 heteroatoms. The Kier molecular flexibility index (Phi) is 10.0. The number of aliphatic imine (C=N–C) groups is 1. The molecule has 1 aliphatic heterocycles. The zero-order valence-corrected chi connectivity index (χ0v) is 17.2. The van der Waals surface area contributed by atoms with Crippen LogP contribution in [0.2, 0.25) is 0 Å². The number of rotatable bonds is 11. The quantitative estimate of drug-likeness (QED) is 0.365. The smallest absolute Gasteiger partial charge is 0.193 e. The van der Waals surface area contributed by atoms with E-state index in [2.05, 4.69) is 57.4 Å². The van der Waals surface area contributed by atoms with Gasteiger partial charge in [0.05, 0.1) is 19.8 Å². The molecule has 0 spiro atoms. The van der Waals surface area contributed by atoms with Crippen LogP contribution in [0, 0.1) is 5.92 Å². The van der Waals surface area contributed by atoms with E-state index in [1.54, 1.807) is 7.11 Å². The third-order valence-corrected chi connectivity index (χ3v) is 4.97. The fourth-order valence-electron chi connectivity index (χ4n) is 3.46. The maximum Gasteiger partial charge on any atom is 0.193 e. The van der Waals surface area contributed by atoms with Gasteiger partial charge in [-0.3, -0.25) is 4.99 Å². The van der Waals surface area contributed by atoms with Crippen molar-refractivity contribution >= 4 is 11.6 Å². The minimum absolute atomic E-state index is 0.578. The van der Waals surface area contributed by atoms with Gasteiger partial charge in [0.2, 0.25) is 0 Å². The molecule has 1 aromatic carbocycles. The first-order chi connectivity index (χ1) is 13.3. The number of guanidine groups is 1. The highest BCUT2D eigenvalue weighted by Crippen LogP contribution is 2.17. The van der Waals surface area contributed by atoms with Crippen LogP contribution in [0.25, 0.3) is 0 Å². The topological polar surface area (TPSA) is 49.3 Å². The summed E-state index contributed by atoms with van der Waals surface area (Å²) in [5.74, 6) is 1.59. The molecule has 1 fully saturated rings. The van der Waals surface area contributed by atoms with Gasteiger partial charge in [-0.15, -0.1) is 0 Å². The van der Waals surface area contributed by atoms with Crippen molar-refractivity contribution in [3.8, 4) is 0 Å². The van der Waals surface area contributed by atoms with E-state index in [0.717, 1.165) is 58.1 Å². The fourth-order valence-corrected chi connectivity index (χ4v) is 3.46. The van der Waals surface area contributed by atoms with Crippen molar-refractivity contribution < 1.29 is 9.47 Å². The van der Waals surface area contributed by atoms with E-state index in [4.69, 9.17) is 9.47 Å². The molecule has 1 unspecified atom stereocenters. The molecule has 1 N–H and O–H groups in total. The summed E-state index contributed by atoms with van der Waals surface area (Å²) < 4.78 is 10.7. The maximum atomic E-state index is 5.68. The molecule has 27 heavy (non-hydrogen) atoms. The van der Waals surface area contributed by atoms with Crippen molar-refractivity contribution in [2.24, 2.45) is 10.9 Å². The van der Waals surface area contributed by atoms with Crippen LogP contribution in [0.5, 0.6) is 0 Å². The van der Waals surface area contributed by atoms with Crippen LogP contribution in [-0.2, 0) is 9.47 Å². The Morgan fingerprint density at radius 1 is 1.30 bits per heavy atom. The highest BCUT2D eigenvalue weighted by atomic mass is 16.5. The summed E-state index contributed by atoms with van der Waals surface area (Å²) in [4.78, 5) is 9.22. The fraction of sp³-hybridized carbons (Fsp3) is 0.667. The first-order valence-electron chi connectivity index (χ1n) is 10.1. The van der Waals surface area contributed by atoms with Crippen molar-refractivity contribution in [3.63, 3.8) is 0 Å². The van der Waals surface area contributed by atoms with E-state index in [1.807, 2.05) is 7.05 Å². The molecule has 2 rings (SSSR count). The minimum Gasteiger partial charge on any atom is -0.382 e. The Morgan fingerprint density at radius 3 is 2.81 bits per heavy atom. The first-order valence-corrected chi connectivity index (χ1v) is 10.1. The molecule has 0 radical (unpaired) electrons. The summed E-state index contributed by atoms with van der Waals surface area (Å²) in [6.07, 6.45) is 2.24. The van der Waals surface area contributed by atoms with E-state index in [9.17, 15) is 0 Å². The SMILES string of the molecule is CCN(CCCNC(=NC)N1CCC(COCCOC)C1)c1ccccc1. The molecule has 1 aliphatic rings. The third kappa shape index (κ3) is 7.39. The lowest BCUT2D eigenvalue weighted by molar-refractivity contribution is 0.0536. The zero-order valence-electron chi connectivity index (χ0n) is 17.2. The van der Waals surface area contributed by atoms with Gasteiger partial charge in [0.1, 0.15) is 0 Å². The summed E-state index contributed by atoms with van der Waals surface area (Å²) in [5.41, 5.74) is 1.29. The molecular weight excluding hydrogens is 340 g/mol. The molecular formula is C21H36N4O2. The van der Waals surface area contributed by atoms with Crippen molar-refractivity contribution in [3.05, 3.63) is 30.3 Å². The second kappa shape index (κ2) is 12.6. The first kappa shape index (κ1) is 21.5. The lowest BCUT2D eigenvalue weighted by Crippen LogP contribution is -2.41. The van der Waals surface area contributed by atoms with Gasteiger partial charge in [0.25, 0.3) is 0 Å². The molecule has 0 saturated carbocycles. The summed E-state index contributed by atoms with van der Waals surface area (Å²) in [7, 11) is 3.57. The van der Waals surface area contributed by atoms with Crippen LogP contribution in [0.4, 0.5) is 5.69 Å². The maximum absolute atomic E-state index is 5.68. The number of likely N-dealkylation sites (tertiary alicyclic amines) is 1. The van der Waals surface area contributed by atoms with Gasteiger partial charge in [-0.1, -0.05) is 18.2 Å². The number of hydrogen-bond acceptors (Lipinski definition) is 4. The van der Waals surface area contributed by atoms with Gasteiger partial charge in [-0.25, -0.2) is 0 Å². The third-order valence-electron chi connectivity index (χ3n) is 4.97. The lowest BCUT2D eigenvalue weighted by atomic mass is 10.1. The van der Waals surface area contributed by atoms with Crippen LogP contribution < -0.4 is 10.2 Å². The van der Waals surface area contributed by atoms with Crippen molar-refractivity contribution in [1.29, 1.82) is 0 Å². The van der Waals surface area contributed by atoms with Crippen molar-refractivity contribution in [2.45, 2.75) is 19.8 Å². The number of benzene rings is 1. The molecule has 1 atom stereocenters. The van der Waals surface area contributed by atoms with Crippen molar-refractivity contribution in [2.75, 3.05) is 71.6 Å². The highest BCUT2D eigenvalue weighted by Gasteiger charge is 2.24. The second-order valence-corrected chi connectivity index (χ2v) is 6.91. The standard InChI is InChI=1S/C21H36N4O2/c1-4-24(20-9-6-5-7-10-20)13-8-12-23-21(22-2)25-14-11-19(17-25)18-27-16-15-26-3/h5-7,9-10,19H,4,8,11-18H2,1-3H3,(H,22,23).